The van der Waals surface area contributed by atoms with E-state index in [4.69, 9.17) is 14.2 Å². The Balaban J connectivity index is 1.25. The molecule has 1 aromatic rings. The minimum absolute atomic E-state index is 0.0703. The Morgan fingerprint density at radius 3 is 2.88 bits per heavy atom. The van der Waals surface area contributed by atoms with E-state index in [2.05, 4.69) is 24.0 Å². The Labute approximate surface area is 191 Å². The fourth-order valence-electron chi connectivity index (χ4n) is 7.29. The van der Waals surface area contributed by atoms with Crippen LogP contribution in [0.4, 0.5) is 4.79 Å². The molecule has 4 aliphatic rings. The van der Waals surface area contributed by atoms with E-state index in [-0.39, 0.29) is 24.2 Å². The van der Waals surface area contributed by atoms with Gasteiger partial charge in [0.15, 0.2) is 0 Å². The molecule has 3 fully saturated rings. The van der Waals surface area contributed by atoms with Crippen molar-refractivity contribution in [1.82, 2.24) is 4.90 Å². The highest BCUT2D eigenvalue weighted by molar-refractivity contribution is 5.64. The smallest absolute Gasteiger partial charge is 0.429 e. The minimum Gasteiger partial charge on any atom is -0.429 e. The molecular formula is C26H37NO5. The maximum atomic E-state index is 12.2. The minimum atomic E-state index is -0.591. The van der Waals surface area contributed by atoms with Crippen LogP contribution in [0.25, 0.3) is 0 Å². The molecule has 6 unspecified atom stereocenters. The van der Waals surface area contributed by atoms with E-state index < -0.39 is 6.16 Å². The third-order valence-electron chi connectivity index (χ3n) is 8.83. The van der Waals surface area contributed by atoms with Crippen molar-refractivity contribution in [2.24, 2.45) is 17.3 Å². The van der Waals surface area contributed by atoms with E-state index in [9.17, 15) is 9.90 Å². The van der Waals surface area contributed by atoms with Gasteiger partial charge in [-0.05, 0) is 98.4 Å². The predicted octanol–water partition coefficient (Wildman–Crippen LogP) is 4.14. The van der Waals surface area contributed by atoms with Crippen molar-refractivity contribution < 1.29 is 24.1 Å². The maximum absolute atomic E-state index is 12.2. The zero-order chi connectivity index (χ0) is 22.3. The lowest BCUT2D eigenvalue weighted by atomic mass is 9.55. The molecule has 0 spiro atoms. The summed E-state index contributed by atoms with van der Waals surface area (Å²) in [4.78, 5) is 14.4. The molecule has 1 aromatic carbocycles. The van der Waals surface area contributed by atoms with Crippen molar-refractivity contribution >= 4 is 6.16 Å². The standard InChI is InChI=1S/C26H37NO5/c1-26-11-9-21-20-6-4-18(31-25(29)32-19-10-12-27(2)16-19)15-17(20)3-5-22(21)23(26)7-8-24(26)30-14-13-28/h4,6,15,19,21-24,28H,3,5,7-14,16H2,1-2H3. The number of benzene rings is 1. The molecule has 6 atom stereocenters. The van der Waals surface area contributed by atoms with Gasteiger partial charge in [0.05, 0.1) is 19.3 Å². The summed E-state index contributed by atoms with van der Waals surface area (Å²) in [5, 5.41) is 9.20. The van der Waals surface area contributed by atoms with Crippen molar-refractivity contribution in [3.05, 3.63) is 29.3 Å². The molecule has 2 saturated carbocycles. The highest BCUT2D eigenvalue weighted by Crippen LogP contribution is 2.61. The zero-order valence-corrected chi connectivity index (χ0v) is 19.4. The monoisotopic (exact) mass is 443 g/mol. The number of aliphatic hydroxyl groups is 1. The molecule has 5 rings (SSSR count). The second-order valence-corrected chi connectivity index (χ2v) is 10.6. The first-order valence-corrected chi connectivity index (χ1v) is 12.4. The van der Waals surface area contributed by atoms with Crippen LogP contribution in [0, 0.1) is 17.3 Å². The first-order chi connectivity index (χ1) is 15.5. The summed E-state index contributed by atoms with van der Waals surface area (Å²) in [6.07, 6.45) is 7.41. The van der Waals surface area contributed by atoms with Gasteiger partial charge < -0.3 is 24.2 Å². The first kappa shape index (κ1) is 22.2. The second kappa shape index (κ2) is 8.96. The number of fused-ring (bicyclic) bond motifs is 5. The molecule has 1 heterocycles. The number of carbonyl (C=O) groups is 1. The molecule has 0 amide bonds. The summed E-state index contributed by atoms with van der Waals surface area (Å²) in [6, 6.07) is 6.19. The Morgan fingerprint density at radius 1 is 1.22 bits per heavy atom. The number of likely N-dealkylation sites (tertiary alicyclic amines) is 1. The Morgan fingerprint density at radius 2 is 2.09 bits per heavy atom. The molecule has 0 bridgehead atoms. The highest BCUT2D eigenvalue weighted by atomic mass is 16.7. The molecule has 6 heteroatoms. The van der Waals surface area contributed by atoms with Crippen molar-refractivity contribution in [1.29, 1.82) is 0 Å². The van der Waals surface area contributed by atoms with Gasteiger partial charge in [0.1, 0.15) is 11.9 Å². The number of hydrogen-bond acceptors (Lipinski definition) is 6. The molecular weight excluding hydrogens is 406 g/mol. The Kier molecular flexibility index (Phi) is 6.21. The van der Waals surface area contributed by atoms with Gasteiger partial charge in [0.2, 0.25) is 0 Å². The lowest BCUT2D eigenvalue weighted by Gasteiger charge is -2.50. The number of aliphatic hydroxyl groups excluding tert-OH is 1. The van der Waals surface area contributed by atoms with Crippen LogP contribution in [0.15, 0.2) is 18.2 Å². The summed E-state index contributed by atoms with van der Waals surface area (Å²) in [6.45, 7) is 4.70. The van der Waals surface area contributed by atoms with Crippen LogP contribution in [-0.2, 0) is 15.9 Å². The fraction of sp³-hybridized carbons (Fsp3) is 0.731. The van der Waals surface area contributed by atoms with Crippen molar-refractivity contribution in [3.8, 4) is 5.75 Å². The lowest BCUT2D eigenvalue weighted by molar-refractivity contribution is -0.0710. The highest BCUT2D eigenvalue weighted by Gasteiger charge is 2.55. The summed E-state index contributed by atoms with van der Waals surface area (Å²) in [5.74, 6) is 2.56. The van der Waals surface area contributed by atoms with E-state index in [0.717, 1.165) is 32.4 Å². The lowest BCUT2D eigenvalue weighted by Crippen LogP contribution is -2.44. The summed E-state index contributed by atoms with van der Waals surface area (Å²) in [7, 11) is 2.03. The van der Waals surface area contributed by atoms with Gasteiger partial charge in [-0.15, -0.1) is 0 Å². The molecule has 1 saturated heterocycles. The van der Waals surface area contributed by atoms with E-state index in [1.54, 1.807) is 0 Å². The summed E-state index contributed by atoms with van der Waals surface area (Å²) < 4.78 is 17.1. The van der Waals surface area contributed by atoms with Gasteiger partial charge in [-0.3, -0.25) is 0 Å². The molecule has 1 aliphatic heterocycles. The molecule has 176 valence electrons. The predicted molar refractivity (Wildman–Crippen MR) is 121 cm³/mol. The van der Waals surface area contributed by atoms with E-state index in [0.29, 0.717) is 30.1 Å². The molecule has 3 aliphatic carbocycles. The third-order valence-corrected chi connectivity index (χ3v) is 8.83. The Hall–Kier alpha value is -1.63. The maximum Gasteiger partial charge on any atom is 0.514 e. The average molecular weight is 444 g/mol. The molecule has 1 N–H and O–H groups in total. The van der Waals surface area contributed by atoms with Gasteiger partial charge >= 0.3 is 6.16 Å². The number of carbonyl (C=O) groups excluding carboxylic acids is 1. The van der Waals surface area contributed by atoms with E-state index >= 15 is 0 Å². The second-order valence-electron chi connectivity index (χ2n) is 10.6. The quantitative estimate of drug-likeness (QED) is 0.545. The average Bonchev–Trinajstić information content (AvgIpc) is 3.33. The van der Waals surface area contributed by atoms with Crippen LogP contribution in [0.1, 0.15) is 62.5 Å². The zero-order valence-electron chi connectivity index (χ0n) is 19.4. The van der Waals surface area contributed by atoms with Crippen LogP contribution >= 0.6 is 0 Å². The topological polar surface area (TPSA) is 68.2 Å². The first-order valence-electron chi connectivity index (χ1n) is 12.4. The molecule has 0 aromatic heterocycles. The van der Waals surface area contributed by atoms with Crippen LogP contribution < -0.4 is 4.74 Å². The number of nitrogens with zero attached hydrogens (tertiary/aromatic N) is 1. The van der Waals surface area contributed by atoms with Crippen LogP contribution in [0.2, 0.25) is 0 Å². The summed E-state index contributed by atoms with van der Waals surface area (Å²) in [5.41, 5.74) is 3.00. The Bertz CT molecular complexity index is 844. The fourth-order valence-corrected chi connectivity index (χ4v) is 7.29. The number of rotatable bonds is 5. The van der Waals surface area contributed by atoms with Gasteiger partial charge in [0.25, 0.3) is 0 Å². The van der Waals surface area contributed by atoms with Crippen LogP contribution in [-0.4, -0.2) is 61.7 Å². The van der Waals surface area contributed by atoms with Gasteiger partial charge in [0, 0.05) is 13.1 Å². The van der Waals surface area contributed by atoms with Gasteiger partial charge in [-0.25, -0.2) is 4.79 Å². The number of hydrogen-bond donors (Lipinski definition) is 1. The number of aryl methyl sites for hydroxylation is 1. The molecule has 32 heavy (non-hydrogen) atoms. The van der Waals surface area contributed by atoms with Crippen molar-refractivity contribution in [2.75, 3.05) is 33.4 Å². The van der Waals surface area contributed by atoms with Crippen LogP contribution in [0.5, 0.6) is 5.75 Å². The normalized spacial score (nSPS) is 36.3. The molecule has 0 radical (unpaired) electrons. The largest absolute Gasteiger partial charge is 0.514 e. The van der Waals surface area contributed by atoms with Crippen molar-refractivity contribution in [3.63, 3.8) is 0 Å². The van der Waals surface area contributed by atoms with E-state index in [1.165, 1.54) is 36.8 Å². The van der Waals surface area contributed by atoms with Crippen LogP contribution in [0.3, 0.4) is 0 Å². The number of ether oxygens (including phenoxy) is 3. The van der Waals surface area contributed by atoms with E-state index in [1.807, 2.05) is 13.1 Å². The van der Waals surface area contributed by atoms with Gasteiger partial charge in [-0.1, -0.05) is 13.0 Å². The summed E-state index contributed by atoms with van der Waals surface area (Å²) >= 11 is 0. The number of likely N-dealkylation sites (N-methyl/N-ethyl adjacent to an activating group) is 1. The van der Waals surface area contributed by atoms with Gasteiger partial charge in [-0.2, -0.15) is 0 Å². The van der Waals surface area contributed by atoms with Crippen molar-refractivity contribution in [2.45, 2.75) is 70.0 Å². The third kappa shape index (κ3) is 4.06. The SMILES string of the molecule is CN1CCC(OC(=O)Oc2ccc3c(c2)CCC2C3CCC3(C)C(OCCO)CCC23)C1. The molecule has 6 nitrogen and oxygen atoms in total.